The van der Waals surface area contributed by atoms with E-state index in [2.05, 4.69) is 40.3 Å². The summed E-state index contributed by atoms with van der Waals surface area (Å²) in [5.74, 6) is 0. The molecule has 0 saturated heterocycles. The summed E-state index contributed by atoms with van der Waals surface area (Å²) in [6.07, 6.45) is 1.67. The zero-order chi connectivity index (χ0) is 23.8. The highest BCUT2D eigenvalue weighted by molar-refractivity contribution is 7.85. The molecule has 2 rings (SSSR count). The van der Waals surface area contributed by atoms with Crippen LogP contribution in [0, 0.1) is 13.8 Å². The molecule has 0 fully saturated rings. The van der Waals surface area contributed by atoms with Crippen molar-refractivity contribution >= 4 is 28.2 Å². The van der Waals surface area contributed by atoms with Crippen LogP contribution >= 0.6 is 0 Å². The monoisotopic (exact) mass is 462 g/mol. The Morgan fingerprint density at radius 2 is 1.26 bits per heavy atom. The minimum atomic E-state index is -1.17. The molecule has 6 heteroatoms. The smallest absolute Gasteiger partial charge is 0.144 e. The fraction of sp³-hybridized carbons (Fsp3) is 0.480. The maximum atomic E-state index is 11.9. The minimum Gasteiger partial charge on any atom is -0.242 e. The number of nitrogens with one attached hydrogen (secondary N) is 1. The summed E-state index contributed by atoms with van der Waals surface area (Å²) in [6.45, 7) is 17.8. The Labute approximate surface area is 194 Å². The molecule has 31 heavy (non-hydrogen) atoms. The van der Waals surface area contributed by atoms with Crippen LogP contribution in [-0.2, 0) is 22.0 Å². The van der Waals surface area contributed by atoms with Gasteiger partial charge in [0, 0.05) is 12.3 Å². The molecule has 0 unspecified atom stereocenters. The number of hydrogen-bond donors (Lipinski definition) is 1. The second kappa shape index (κ2) is 11.8. The topological polar surface area (TPSA) is 58.5 Å². The number of nitrogens with zero attached hydrogens (tertiary/aromatic N) is 1. The SMILES string of the molecule is Cc1ccc(C=N[S@@](=O)C(C)(C)C)cc1.Cc1ccc([C@H](C)N[S@@](=O)C(C)(C)C)cc1. The van der Waals surface area contributed by atoms with Gasteiger partial charge in [-0.25, -0.2) is 13.1 Å². The highest BCUT2D eigenvalue weighted by Crippen LogP contribution is 2.17. The first-order valence-electron chi connectivity index (χ1n) is 10.5. The van der Waals surface area contributed by atoms with Crippen LogP contribution in [0.15, 0.2) is 52.9 Å². The molecule has 0 saturated carbocycles. The van der Waals surface area contributed by atoms with Crippen molar-refractivity contribution in [2.45, 2.75) is 77.8 Å². The Balaban J connectivity index is 0.000000311. The average molecular weight is 463 g/mol. The molecular formula is C25H38N2O2S2. The molecule has 0 radical (unpaired) electrons. The molecule has 0 spiro atoms. The molecule has 4 nitrogen and oxygen atoms in total. The molecule has 0 aromatic heterocycles. The third kappa shape index (κ3) is 10.5. The summed E-state index contributed by atoms with van der Waals surface area (Å²) in [5, 5.41) is 0. The first-order chi connectivity index (χ1) is 14.2. The minimum absolute atomic E-state index is 0.112. The quantitative estimate of drug-likeness (QED) is 0.555. The Kier molecular flexibility index (Phi) is 10.5. The van der Waals surface area contributed by atoms with Gasteiger partial charge in [-0.05, 0) is 73.4 Å². The highest BCUT2D eigenvalue weighted by Gasteiger charge is 2.21. The van der Waals surface area contributed by atoms with Crippen molar-refractivity contribution in [3.05, 3.63) is 70.8 Å². The van der Waals surface area contributed by atoms with Gasteiger partial charge in [-0.2, -0.15) is 4.40 Å². The van der Waals surface area contributed by atoms with E-state index >= 15 is 0 Å². The maximum Gasteiger partial charge on any atom is 0.144 e. The first kappa shape index (κ1) is 27.4. The van der Waals surface area contributed by atoms with Crippen molar-refractivity contribution in [3.63, 3.8) is 0 Å². The zero-order valence-electron chi connectivity index (χ0n) is 20.4. The van der Waals surface area contributed by atoms with Crippen LogP contribution in [0.2, 0.25) is 0 Å². The van der Waals surface area contributed by atoms with E-state index in [0.717, 1.165) is 5.56 Å². The lowest BCUT2D eigenvalue weighted by Crippen LogP contribution is -2.34. The van der Waals surface area contributed by atoms with Gasteiger partial charge in [-0.1, -0.05) is 59.7 Å². The van der Waals surface area contributed by atoms with Gasteiger partial charge < -0.3 is 0 Å². The van der Waals surface area contributed by atoms with Crippen LogP contribution in [0.25, 0.3) is 0 Å². The van der Waals surface area contributed by atoms with Gasteiger partial charge in [-0.3, -0.25) is 0 Å². The Morgan fingerprint density at radius 1 is 0.806 bits per heavy atom. The highest BCUT2D eigenvalue weighted by atomic mass is 32.2. The molecule has 2 aromatic rings. The Morgan fingerprint density at radius 3 is 1.68 bits per heavy atom. The fourth-order valence-corrected chi connectivity index (χ4v) is 3.52. The average Bonchev–Trinajstić information content (AvgIpc) is 2.66. The van der Waals surface area contributed by atoms with Crippen LogP contribution in [0.1, 0.15) is 76.8 Å². The Hall–Kier alpha value is -1.63. The van der Waals surface area contributed by atoms with Gasteiger partial charge in [-0.15, -0.1) is 0 Å². The van der Waals surface area contributed by atoms with E-state index in [4.69, 9.17) is 0 Å². The standard InChI is InChI=1S/C13H21NOS.C12H17NOS/c1-10-6-8-12(9-7-10)11(2)14-16(15)13(3,4)5;1-10-5-7-11(8-6-10)9-13-15(14)12(2,3)4/h6-9,11,14H,1-5H3;5-9H,1-4H3/t11-,16-;15-/m00/s1. The van der Waals surface area contributed by atoms with Gasteiger partial charge >= 0.3 is 0 Å². The first-order valence-corrected chi connectivity index (χ1v) is 12.7. The molecule has 0 bridgehead atoms. The van der Waals surface area contributed by atoms with Crippen molar-refractivity contribution in [3.8, 4) is 0 Å². The van der Waals surface area contributed by atoms with Crippen molar-refractivity contribution in [2.75, 3.05) is 0 Å². The van der Waals surface area contributed by atoms with Gasteiger partial charge in [0.1, 0.15) is 11.0 Å². The Bertz CT molecular complexity index is 891. The maximum absolute atomic E-state index is 11.9. The molecular weight excluding hydrogens is 424 g/mol. The molecule has 3 atom stereocenters. The van der Waals surface area contributed by atoms with E-state index in [-0.39, 0.29) is 15.5 Å². The summed E-state index contributed by atoms with van der Waals surface area (Å²) in [6, 6.07) is 16.4. The number of rotatable bonds is 5. The predicted molar refractivity (Wildman–Crippen MR) is 137 cm³/mol. The van der Waals surface area contributed by atoms with E-state index in [9.17, 15) is 8.42 Å². The van der Waals surface area contributed by atoms with Crippen molar-refractivity contribution in [1.82, 2.24) is 4.72 Å². The van der Waals surface area contributed by atoms with Gasteiger partial charge in [0.15, 0.2) is 0 Å². The summed E-state index contributed by atoms with van der Waals surface area (Å²) in [7, 11) is -2.20. The lowest BCUT2D eigenvalue weighted by molar-refractivity contribution is 0.616. The summed E-state index contributed by atoms with van der Waals surface area (Å²) >= 11 is 0. The van der Waals surface area contributed by atoms with Gasteiger partial charge in [0.25, 0.3) is 0 Å². The van der Waals surface area contributed by atoms with Gasteiger partial charge in [0.2, 0.25) is 0 Å². The normalized spacial score (nSPS) is 15.1. The van der Waals surface area contributed by atoms with E-state index < -0.39 is 22.0 Å². The molecule has 0 aliphatic rings. The fourth-order valence-electron chi connectivity index (χ4n) is 2.18. The predicted octanol–water partition coefficient (Wildman–Crippen LogP) is 5.98. The van der Waals surface area contributed by atoms with E-state index in [1.165, 1.54) is 16.7 Å². The third-order valence-corrected chi connectivity index (χ3v) is 7.34. The molecule has 2 aromatic carbocycles. The number of aryl methyl sites for hydroxylation is 2. The van der Waals surface area contributed by atoms with E-state index in [1.807, 2.05) is 79.7 Å². The molecule has 0 aliphatic carbocycles. The summed E-state index contributed by atoms with van der Waals surface area (Å²) < 4.78 is 30.2. The van der Waals surface area contributed by atoms with Crippen molar-refractivity contribution < 1.29 is 8.42 Å². The third-order valence-electron chi connectivity index (χ3n) is 4.32. The molecule has 0 aliphatic heterocycles. The van der Waals surface area contributed by atoms with E-state index in [1.54, 1.807) is 6.21 Å². The van der Waals surface area contributed by atoms with Crippen LogP contribution in [0.4, 0.5) is 0 Å². The zero-order valence-corrected chi connectivity index (χ0v) is 22.0. The van der Waals surface area contributed by atoms with Crippen molar-refractivity contribution in [2.24, 2.45) is 4.40 Å². The largest absolute Gasteiger partial charge is 0.242 e. The van der Waals surface area contributed by atoms with Gasteiger partial charge in [0.05, 0.1) is 20.5 Å². The summed E-state index contributed by atoms with van der Waals surface area (Å²) in [4.78, 5) is 0. The molecule has 0 amide bonds. The molecule has 0 heterocycles. The number of benzene rings is 2. The molecule has 172 valence electrons. The second-order valence-corrected chi connectivity index (χ2v) is 13.6. The van der Waals surface area contributed by atoms with Crippen molar-refractivity contribution in [1.29, 1.82) is 0 Å². The van der Waals surface area contributed by atoms with Crippen LogP contribution in [0.3, 0.4) is 0 Å². The van der Waals surface area contributed by atoms with E-state index in [0.29, 0.717) is 0 Å². The van der Waals surface area contributed by atoms with Crippen LogP contribution in [0.5, 0.6) is 0 Å². The second-order valence-electron chi connectivity index (χ2n) is 9.64. The van der Waals surface area contributed by atoms with Crippen LogP contribution < -0.4 is 4.72 Å². The lowest BCUT2D eigenvalue weighted by Gasteiger charge is -2.22. The van der Waals surface area contributed by atoms with Crippen LogP contribution in [-0.4, -0.2) is 24.1 Å². The number of hydrogen-bond acceptors (Lipinski definition) is 2. The lowest BCUT2D eigenvalue weighted by atomic mass is 10.1. The summed E-state index contributed by atoms with van der Waals surface area (Å²) in [5.41, 5.74) is 4.61. The molecule has 1 N–H and O–H groups in total.